The summed E-state index contributed by atoms with van der Waals surface area (Å²) in [4.78, 5) is 44.8. The van der Waals surface area contributed by atoms with Crippen molar-refractivity contribution in [3.05, 3.63) is 107 Å². The predicted octanol–water partition coefficient (Wildman–Crippen LogP) is 6.01. The molecular formula is C31H25F2NO3. The van der Waals surface area contributed by atoms with Gasteiger partial charge in [-0.2, -0.15) is 0 Å². The summed E-state index contributed by atoms with van der Waals surface area (Å²) in [5.74, 6) is -3.20. The standard InChI is InChI=1S/C31H25F2NO3/c1-30(2,3)29(37)26-25(21-10-6-7-11-22(21)33)31(27(35)19-8-4-5-9-20(19)28(31)36)24-15-12-17-16-18(32)13-14-23(17)34(24)26/h4-16,24-26H,1-3H3/t24-,25-,26-/m0/s1. The fraction of sp³-hybridized carbons (Fsp3) is 0.258. The molecule has 0 unspecified atom stereocenters. The lowest BCUT2D eigenvalue weighted by atomic mass is 9.63. The number of nitrogens with zero attached hydrogens (tertiary/aromatic N) is 1. The molecule has 3 aliphatic rings. The highest BCUT2D eigenvalue weighted by Gasteiger charge is 2.72. The maximum absolute atomic E-state index is 15.6. The van der Waals surface area contributed by atoms with E-state index in [2.05, 4.69) is 0 Å². The molecule has 1 saturated heterocycles. The second-order valence-corrected chi connectivity index (χ2v) is 11.0. The fourth-order valence-corrected chi connectivity index (χ4v) is 6.46. The summed E-state index contributed by atoms with van der Waals surface area (Å²) in [7, 11) is 0. The van der Waals surface area contributed by atoms with Crippen LogP contribution in [0.5, 0.6) is 0 Å². The number of carbonyl (C=O) groups excluding carboxylic acids is 3. The highest BCUT2D eigenvalue weighted by molar-refractivity contribution is 6.32. The molecular weight excluding hydrogens is 472 g/mol. The van der Waals surface area contributed by atoms with Gasteiger partial charge >= 0.3 is 0 Å². The second-order valence-electron chi connectivity index (χ2n) is 11.0. The quantitative estimate of drug-likeness (QED) is 0.407. The zero-order valence-electron chi connectivity index (χ0n) is 20.7. The molecule has 2 aliphatic heterocycles. The zero-order valence-corrected chi connectivity index (χ0v) is 20.7. The lowest BCUT2D eigenvalue weighted by Crippen LogP contribution is -2.49. The van der Waals surface area contributed by atoms with Crippen LogP contribution in [0.3, 0.4) is 0 Å². The lowest BCUT2D eigenvalue weighted by molar-refractivity contribution is -0.127. The summed E-state index contributed by atoms with van der Waals surface area (Å²) in [6, 6.07) is 15.0. The van der Waals surface area contributed by atoms with Gasteiger partial charge in [-0.3, -0.25) is 14.4 Å². The first kappa shape index (κ1) is 23.5. The summed E-state index contributed by atoms with van der Waals surface area (Å²) in [5.41, 5.74) is -0.879. The molecule has 1 fully saturated rings. The Balaban J connectivity index is 1.72. The van der Waals surface area contributed by atoms with Crippen molar-refractivity contribution in [3.8, 4) is 0 Å². The molecule has 1 spiro atoms. The van der Waals surface area contributed by atoms with Crippen LogP contribution in [0.25, 0.3) is 6.08 Å². The van der Waals surface area contributed by atoms with Gasteiger partial charge in [0.05, 0.1) is 12.1 Å². The number of anilines is 1. The maximum atomic E-state index is 15.6. The Morgan fingerprint density at radius 1 is 0.892 bits per heavy atom. The third-order valence-electron chi connectivity index (χ3n) is 8.01. The van der Waals surface area contributed by atoms with Crippen molar-refractivity contribution in [2.75, 3.05) is 4.90 Å². The monoisotopic (exact) mass is 497 g/mol. The van der Waals surface area contributed by atoms with Crippen LogP contribution in [0.2, 0.25) is 0 Å². The molecule has 0 aromatic heterocycles. The molecule has 2 heterocycles. The van der Waals surface area contributed by atoms with Crippen molar-refractivity contribution >= 4 is 29.1 Å². The average Bonchev–Trinajstić information content (AvgIpc) is 3.29. The normalized spacial score (nSPS) is 23.3. The molecule has 1 aliphatic carbocycles. The maximum Gasteiger partial charge on any atom is 0.180 e. The number of Topliss-reactive ketones (excluding diaryl/α,β-unsaturated/α-hetero) is 3. The minimum Gasteiger partial charge on any atom is -0.352 e. The second kappa shape index (κ2) is 7.78. The smallest absolute Gasteiger partial charge is 0.180 e. The number of hydrogen-bond donors (Lipinski definition) is 0. The Labute approximate surface area is 213 Å². The number of fused-ring (bicyclic) bond motifs is 5. The van der Waals surface area contributed by atoms with Crippen molar-refractivity contribution < 1.29 is 23.2 Å². The van der Waals surface area contributed by atoms with Crippen molar-refractivity contribution in [2.45, 2.75) is 38.8 Å². The van der Waals surface area contributed by atoms with Crippen LogP contribution in [0.15, 0.2) is 72.8 Å². The Hall–Kier alpha value is -3.93. The van der Waals surface area contributed by atoms with Crippen molar-refractivity contribution in [1.82, 2.24) is 0 Å². The van der Waals surface area contributed by atoms with Crippen molar-refractivity contribution in [2.24, 2.45) is 10.8 Å². The zero-order chi connectivity index (χ0) is 26.3. The van der Waals surface area contributed by atoms with E-state index in [1.807, 2.05) is 0 Å². The molecule has 6 rings (SSSR count). The van der Waals surface area contributed by atoms with Gasteiger partial charge in [0, 0.05) is 33.7 Å². The topological polar surface area (TPSA) is 54.5 Å². The van der Waals surface area contributed by atoms with E-state index in [9.17, 15) is 18.8 Å². The fourth-order valence-electron chi connectivity index (χ4n) is 6.46. The molecule has 0 bridgehead atoms. The van der Waals surface area contributed by atoms with E-state index in [0.717, 1.165) is 0 Å². The average molecular weight is 498 g/mol. The molecule has 3 aromatic carbocycles. The lowest BCUT2D eigenvalue weighted by Gasteiger charge is -2.38. The van der Waals surface area contributed by atoms with Gasteiger partial charge in [0.25, 0.3) is 0 Å². The van der Waals surface area contributed by atoms with Crippen LogP contribution in [0.4, 0.5) is 14.5 Å². The predicted molar refractivity (Wildman–Crippen MR) is 137 cm³/mol. The highest BCUT2D eigenvalue weighted by Crippen LogP contribution is 2.61. The van der Waals surface area contributed by atoms with Gasteiger partial charge in [0.2, 0.25) is 0 Å². The number of carbonyl (C=O) groups is 3. The molecule has 6 heteroatoms. The van der Waals surface area contributed by atoms with Crippen LogP contribution in [-0.2, 0) is 4.79 Å². The van der Waals surface area contributed by atoms with E-state index in [-0.39, 0.29) is 22.5 Å². The van der Waals surface area contributed by atoms with Crippen LogP contribution < -0.4 is 4.90 Å². The van der Waals surface area contributed by atoms with E-state index in [1.54, 1.807) is 86.4 Å². The Morgan fingerprint density at radius 3 is 2.14 bits per heavy atom. The van der Waals surface area contributed by atoms with E-state index in [0.29, 0.717) is 11.3 Å². The van der Waals surface area contributed by atoms with Gasteiger partial charge in [0.1, 0.15) is 17.0 Å². The molecule has 3 atom stereocenters. The van der Waals surface area contributed by atoms with Gasteiger partial charge in [-0.05, 0) is 29.8 Å². The third-order valence-corrected chi connectivity index (χ3v) is 8.01. The van der Waals surface area contributed by atoms with E-state index in [1.165, 1.54) is 18.2 Å². The summed E-state index contributed by atoms with van der Waals surface area (Å²) in [6.45, 7) is 5.31. The van der Waals surface area contributed by atoms with Gasteiger partial charge < -0.3 is 4.90 Å². The molecule has 0 saturated carbocycles. The van der Waals surface area contributed by atoms with E-state index >= 15 is 4.39 Å². The summed E-state index contributed by atoms with van der Waals surface area (Å²) >= 11 is 0. The molecule has 37 heavy (non-hydrogen) atoms. The number of benzene rings is 3. The van der Waals surface area contributed by atoms with Crippen molar-refractivity contribution in [1.29, 1.82) is 0 Å². The largest absolute Gasteiger partial charge is 0.352 e. The molecule has 4 nitrogen and oxygen atoms in total. The van der Waals surface area contributed by atoms with Gasteiger partial charge in [-0.1, -0.05) is 75.4 Å². The first-order chi connectivity index (χ1) is 17.6. The van der Waals surface area contributed by atoms with Crippen molar-refractivity contribution in [3.63, 3.8) is 0 Å². The first-order valence-corrected chi connectivity index (χ1v) is 12.3. The Kier molecular flexibility index (Phi) is 4.94. The van der Waals surface area contributed by atoms with E-state index < -0.39 is 52.0 Å². The molecule has 0 radical (unpaired) electrons. The Morgan fingerprint density at radius 2 is 1.51 bits per heavy atom. The summed E-state index contributed by atoms with van der Waals surface area (Å²) < 4.78 is 29.8. The molecule has 0 amide bonds. The molecule has 0 N–H and O–H groups in total. The Bertz CT molecular complexity index is 1500. The van der Waals surface area contributed by atoms with Crippen LogP contribution in [0, 0.1) is 22.5 Å². The minimum absolute atomic E-state index is 0.145. The summed E-state index contributed by atoms with van der Waals surface area (Å²) in [5, 5.41) is 0. The van der Waals surface area contributed by atoms with Gasteiger partial charge in [0.15, 0.2) is 17.3 Å². The van der Waals surface area contributed by atoms with Gasteiger partial charge in [-0.15, -0.1) is 0 Å². The SMILES string of the molecule is CC(C)(C)C(=O)[C@@H]1[C@H](c2ccccc2F)C2(C(=O)c3ccccc3C2=O)[C@@H]2C=Cc3cc(F)ccc3N12. The van der Waals surface area contributed by atoms with Crippen LogP contribution in [-0.4, -0.2) is 29.4 Å². The van der Waals surface area contributed by atoms with Crippen LogP contribution in [0.1, 0.15) is 58.5 Å². The summed E-state index contributed by atoms with van der Waals surface area (Å²) in [6.07, 6.45) is 3.39. The van der Waals surface area contributed by atoms with Gasteiger partial charge in [-0.25, -0.2) is 8.78 Å². The highest BCUT2D eigenvalue weighted by atomic mass is 19.1. The number of hydrogen-bond acceptors (Lipinski definition) is 4. The molecule has 186 valence electrons. The number of halogens is 2. The number of ketones is 3. The minimum atomic E-state index is -1.76. The first-order valence-electron chi connectivity index (χ1n) is 12.3. The third kappa shape index (κ3) is 3.02. The van der Waals surface area contributed by atoms with Crippen LogP contribution >= 0.6 is 0 Å². The van der Waals surface area contributed by atoms with E-state index in [4.69, 9.17) is 0 Å². The molecule has 3 aromatic rings. The number of rotatable bonds is 2.